The molecule has 1 saturated heterocycles. The number of fused-ring (bicyclic) bond motifs is 1. The molecule has 2 heteroatoms. The van der Waals surface area contributed by atoms with Gasteiger partial charge in [0, 0.05) is 6.42 Å². The fourth-order valence-corrected chi connectivity index (χ4v) is 2.53. The van der Waals surface area contributed by atoms with Gasteiger partial charge < -0.3 is 4.74 Å². The molecule has 0 aromatic rings. The van der Waals surface area contributed by atoms with Crippen LogP contribution in [0.2, 0.25) is 0 Å². The zero-order valence-corrected chi connectivity index (χ0v) is 7.42. The molecular weight excluding hydrogens is 152 g/mol. The molecule has 2 atom stereocenters. The molecule has 0 aromatic heterocycles. The Kier molecular flexibility index (Phi) is 2.33. The second kappa shape index (κ2) is 3.46. The Labute approximate surface area is 73.3 Å². The summed E-state index contributed by atoms with van der Waals surface area (Å²) in [5.74, 6) is 1.46. The van der Waals surface area contributed by atoms with Gasteiger partial charge in [-0.1, -0.05) is 19.3 Å². The lowest BCUT2D eigenvalue weighted by Crippen LogP contribution is -2.19. The lowest BCUT2D eigenvalue weighted by molar-refractivity contribution is -0.143. The van der Waals surface area contributed by atoms with E-state index in [0.29, 0.717) is 18.9 Å². The molecule has 1 heterocycles. The molecule has 1 saturated carbocycles. The van der Waals surface area contributed by atoms with Crippen LogP contribution in [-0.2, 0) is 9.53 Å². The van der Waals surface area contributed by atoms with E-state index in [2.05, 4.69) is 0 Å². The second-order valence-electron chi connectivity index (χ2n) is 4.02. The first-order valence-electron chi connectivity index (χ1n) is 5.02. The van der Waals surface area contributed by atoms with Gasteiger partial charge in [0.25, 0.3) is 0 Å². The van der Waals surface area contributed by atoms with Gasteiger partial charge in [-0.3, -0.25) is 4.79 Å². The minimum Gasteiger partial charge on any atom is -0.466 e. The Hall–Kier alpha value is -0.530. The van der Waals surface area contributed by atoms with E-state index in [1.807, 2.05) is 0 Å². The molecule has 0 amide bonds. The zero-order chi connectivity index (χ0) is 8.39. The number of ether oxygens (including phenoxy) is 1. The minimum absolute atomic E-state index is 0.0319. The molecule has 2 fully saturated rings. The lowest BCUT2D eigenvalue weighted by Gasteiger charge is -2.28. The van der Waals surface area contributed by atoms with Gasteiger partial charge in [0.2, 0.25) is 0 Å². The molecule has 0 radical (unpaired) electrons. The van der Waals surface area contributed by atoms with Crippen molar-refractivity contribution in [2.24, 2.45) is 11.8 Å². The Morgan fingerprint density at radius 1 is 1.08 bits per heavy atom. The van der Waals surface area contributed by atoms with Gasteiger partial charge in [0.1, 0.15) is 0 Å². The molecular formula is C10H16O2. The third-order valence-electron chi connectivity index (χ3n) is 3.25. The van der Waals surface area contributed by atoms with Gasteiger partial charge in [-0.15, -0.1) is 0 Å². The third kappa shape index (κ3) is 1.62. The molecule has 0 unspecified atom stereocenters. The van der Waals surface area contributed by atoms with Crippen LogP contribution in [-0.4, -0.2) is 12.6 Å². The molecule has 12 heavy (non-hydrogen) atoms. The minimum atomic E-state index is 0.0319. The Morgan fingerprint density at radius 2 is 1.83 bits per heavy atom. The van der Waals surface area contributed by atoms with E-state index >= 15 is 0 Å². The van der Waals surface area contributed by atoms with Crippen molar-refractivity contribution in [3.8, 4) is 0 Å². The number of hydrogen-bond donors (Lipinski definition) is 0. The highest BCUT2D eigenvalue weighted by molar-refractivity contribution is 5.69. The predicted octanol–water partition coefficient (Wildman–Crippen LogP) is 2.13. The van der Waals surface area contributed by atoms with E-state index < -0.39 is 0 Å². The highest BCUT2D eigenvalue weighted by atomic mass is 16.5. The van der Waals surface area contributed by atoms with Crippen molar-refractivity contribution in [1.82, 2.24) is 0 Å². The van der Waals surface area contributed by atoms with Crippen LogP contribution in [0.1, 0.15) is 38.5 Å². The predicted molar refractivity (Wildman–Crippen MR) is 45.6 cm³/mol. The maximum Gasteiger partial charge on any atom is 0.306 e. The number of rotatable bonds is 0. The smallest absolute Gasteiger partial charge is 0.306 e. The summed E-state index contributed by atoms with van der Waals surface area (Å²) in [5, 5.41) is 0. The number of carbonyl (C=O) groups excluding carboxylic acids is 1. The van der Waals surface area contributed by atoms with Crippen LogP contribution in [0.15, 0.2) is 0 Å². The van der Waals surface area contributed by atoms with Crippen LogP contribution in [0.25, 0.3) is 0 Å². The van der Waals surface area contributed by atoms with Crippen LogP contribution < -0.4 is 0 Å². The first-order chi connectivity index (χ1) is 5.86. The average molecular weight is 168 g/mol. The first kappa shape index (κ1) is 8.09. The number of cyclic esters (lactones) is 1. The van der Waals surface area contributed by atoms with E-state index in [-0.39, 0.29) is 5.97 Å². The van der Waals surface area contributed by atoms with Gasteiger partial charge >= 0.3 is 5.97 Å². The molecule has 0 spiro atoms. The second-order valence-corrected chi connectivity index (χ2v) is 4.02. The molecule has 0 N–H and O–H groups in total. The van der Waals surface area contributed by atoms with Crippen molar-refractivity contribution in [3.05, 3.63) is 0 Å². The van der Waals surface area contributed by atoms with Gasteiger partial charge in [-0.05, 0) is 24.7 Å². The number of carbonyl (C=O) groups is 1. The summed E-state index contributed by atoms with van der Waals surface area (Å²) in [6.45, 7) is 0.667. The van der Waals surface area contributed by atoms with E-state index in [0.717, 1.165) is 12.3 Å². The summed E-state index contributed by atoms with van der Waals surface area (Å²) in [6, 6.07) is 0. The first-order valence-corrected chi connectivity index (χ1v) is 5.02. The fourth-order valence-electron chi connectivity index (χ4n) is 2.53. The Bertz CT molecular complexity index is 177. The summed E-state index contributed by atoms with van der Waals surface area (Å²) < 4.78 is 5.06. The van der Waals surface area contributed by atoms with Gasteiger partial charge in [-0.2, -0.15) is 0 Å². The van der Waals surface area contributed by atoms with E-state index in [1.54, 1.807) is 0 Å². The molecule has 2 nitrogen and oxygen atoms in total. The van der Waals surface area contributed by atoms with Gasteiger partial charge in [-0.25, -0.2) is 0 Å². The topological polar surface area (TPSA) is 26.3 Å². The summed E-state index contributed by atoms with van der Waals surface area (Å²) in [7, 11) is 0. The molecule has 2 rings (SSSR count). The van der Waals surface area contributed by atoms with Crippen molar-refractivity contribution in [2.45, 2.75) is 38.5 Å². The monoisotopic (exact) mass is 168 g/mol. The quantitative estimate of drug-likeness (QED) is 0.518. The maximum absolute atomic E-state index is 11.1. The van der Waals surface area contributed by atoms with E-state index in [9.17, 15) is 4.79 Å². The summed E-state index contributed by atoms with van der Waals surface area (Å²) in [4.78, 5) is 11.1. The maximum atomic E-state index is 11.1. The summed E-state index contributed by atoms with van der Waals surface area (Å²) >= 11 is 0. The van der Waals surface area contributed by atoms with E-state index in [1.165, 1.54) is 25.7 Å². The SMILES string of the molecule is O=C1C[C@H]2CCCC[C@H]2CCO1. The molecule has 0 aromatic carbocycles. The van der Waals surface area contributed by atoms with Crippen LogP contribution in [0.4, 0.5) is 0 Å². The van der Waals surface area contributed by atoms with Crippen LogP contribution >= 0.6 is 0 Å². The molecule has 1 aliphatic carbocycles. The van der Waals surface area contributed by atoms with Crippen molar-refractivity contribution in [1.29, 1.82) is 0 Å². The normalized spacial score (nSPS) is 36.5. The van der Waals surface area contributed by atoms with Gasteiger partial charge in [0.15, 0.2) is 0 Å². The Balaban J connectivity index is 2.01. The molecule has 0 bridgehead atoms. The van der Waals surface area contributed by atoms with Crippen LogP contribution in [0, 0.1) is 11.8 Å². The van der Waals surface area contributed by atoms with Crippen LogP contribution in [0.3, 0.4) is 0 Å². The van der Waals surface area contributed by atoms with Gasteiger partial charge in [0.05, 0.1) is 6.61 Å². The van der Waals surface area contributed by atoms with Crippen molar-refractivity contribution >= 4 is 5.97 Å². The fraction of sp³-hybridized carbons (Fsp3) is 0.900. The molecule has 1 aliphatic heterocycles. The third-order valence-corrected chi connectivity index (χ3v) is 3.25. The van der Waals surface area contributed by atoms with Crippen molar-refractivity contribution in [3.63, 3.8) is 0 Å². The van der Waals surface area contributed by atoms with E-state index in [4.69, 9.17) is 4.74 Å². The number of esters is 1. The highest BCUT2D eigenvalue weighted by Gasteiger charge is 2.29. The summed E-state index contributed by atoms with van der Waals surface area (Å²) in [6.07, 6.45) is 7.03. The average Bonchev–Trinajstić information content (AvgIpc) is 2.25. The largest absolute Gasteiger partial charge is 0.466 e. The van der Waals surface area contributed by atoms with Crippen molar-refractivity contribution in [2.75, 3.05) is 6.61 Å². The zero-order valence-electron chi connectivity index (χ0n) is 7.42. The highest BCUT2D eigenvalue weighted by Crippen LogP contribution is 2.36. The molecule has 68 valence electrons. The molecule has 2 aliphatic rings. The summed E-state index contributed by atoms with van der Waals surface area (Å²) in [5.41, 5.74) is 0. The number of hydrogen-bond acceptors (Lipinski definition) is 2. The van der Waals surface area contributed by atoms with Crippen molar-refractivity contribution < 1.29 is 9.53 Å². The Morgan fingerprint density at radius 3 is 2.67 bits per heavy atom. The standard InChI is InChI=1S/C10H16O2/c11-10-7-9-4-2-1-3-8(9)5-6-12-10/h8-9H,1-7H2/t8-,9+/m0/s1. The lowest BCUT2D eigenvalue weighted by atomic mass is 9.76. The van der Waals surface area contributed by atoms with Crippen LogP contribution in [0.5, 0.6) is 0 Å².